The van der Waals surface area contributed by atoms with Crippen LogP contribution in [0.25, 0.3) is 11.3 Å². The minimum absolute atomic E-state index is 0.177. The normalized spacial score (nSPS) is 10.3. The fourth-order valence-electron chi connectivity index (χ4n) is 2.03. The fourth-order valence-corrected chi connectivity index (χ4v) is 2.03. The van der Waals surface area contributed by atoms with Gasteiger partial charge in [0.15, 0.2) is 0 Å². The minimum atomic E-state index is -0.938. The molecule has 0 atom stereocenters. The molecule has 0 saturated carbocycles. The molecule has 0 radical (unpaired) electrons. The topological polar surface area (TPSA) is 72.3 Å². The molecule has 0 amide bonds. The first kappa shape index (κ1) is 14.0. The molecule has 5 nitrogen and oxygen atoms in total. The molecule has 0 aliphatic carbocycles. The van der Waals surface area contributed by atoms with E-state index in [-0.39, 0.29) is 6.42 Å². The maximum Gasteiger partial charge on any atom is 0.311 e. The van der Waals surface area contributed by atoms with Crippen molar-refractivity contribution < 1.29 is 14.6 Å². The summed E-state index contributed by atoms with van der Waals surface area (Å²) in [5, 5.41) is 8.84. The molecule has 1 aromatic carbocycles. The Labute approximate surface area is 117 Å². The maximum atomic E-state index is 10.8. The third-order valence-corrected chi connectivity index (χ3v) is 2.90. The Morgan fingerprint density at radius 1 is 1.25 bits per heavy atom. The van der Waals surface area contributed by atoms with Crippen molar-refractivity contribution in [1.29, 1.82) is 0 Å². The minimum Gasteiger partial charge on any atom is -0.496 e. The van der Waals surface area contributed by atoms with Crippen LogP contribution < -0.4 is 4.74 Å². The molecule has 0 unspecified atom stereocenters. The molecule has 2 rings (SSSR count). The van der Waals surface area contributed by atoms with Crippen molar-refractivity contribution in [2.24, 2.45) is 0 Å². The summed E-state index contributed by atoms with van der Waals surface area (Å²) in [6, 6.07) is 7.58. The average molecular weight is 272 g/mol. The van der Waals surface area contributed by atoms with Crippen LogP contribution in [-0.2, 0) is 11.2 Å². The lowest BCUT2D eigenvalue weighted by Gasteiger charge is -2.08. The SMILES string of the molecule is COc1ccc(-c2cc(C)nc(CC(=O)O)n2)cc1C. The van der Waals surface area contributed by atoms with Gasteiger partial charge >= 0.3 is 5.97 Å². The van der Waals surface area contributed by atoms with E-state index in [1.807, 2.05) is 38.1 Å². The van der Waals surface area contributed by atoms with Gasteiger partial charge in [0.25, 0.3) is 0 Å². The van der Waals surface area contributed by atoms with Gasteiger partial charge < -0.3 is 9.84 Å². The number of benzene rings is 1. The zero-order chi connectivity index (χ0) is 14.7. The number of nitrogens with zero attached hydrogens (tertiary/aromatic N) is 2. The number of hydrogen-bond donors (Lipinski definition) is 1. The zero-order valence-electron chi connectivity index (χ0n) is 11.7. The Morgan fingerprint density at radius 3 is 2.60 bits per heavy atom. The van der Waals surface area contributed by atoms with Crippen LogP contribution in [0.3, 0.4) is 0 Å². The molecular weight excluding hydrogens is 256 g/mol. The van der Waals surface area contributed by atoms with Crippen molar-refractivity contribution in [2.45, 2.75) is 20.3 Å². The van der Waals surface area contributed by atoms with E-state index in [4.69, 9.17) is 9.84 Å². The molecule has 0 spiro atoms. The number of hydrogen-bond acceptors (Lipinski definition) is 4. The number of carboxylic acids is 1. The molecule has 0 aliphatic heterocycles. The van der Waals surface area contributed by atoms with Gasteiger partial charge in [-0.1, -0.05) is 0 Å². The molecule has 0 aliphatic rings. The van der Waals surface area contributed by atoms with Gasteiger partial charge in [0.2, 0.25) is 0 Å². The number of carbonyl (C=O) groups is 1. The monoisotopic (exact) mass is 272 g/mol. The van der Waals surface area contributed by atoms with Crippen molar-refractivity contribution in [3.05, 3.63) is 41.3 Å². The van der Waals surface area contributed by atoms with E-state index in [0.717, 1.165) is 28.3 Å². The molecule has 0 saturated heterocycles. The second kappa shape index (κ2) is 5.69. The first-order valence-electron chi connectivity index (χ1n) is 6.21. The van der Waals surface area contributed by atoms with Crippen LogP contribution in [0, 0.1) is 13.8 Å². The Hall–Kier alpha value is -2.43. The van der Waals surface area contributed by atoms with Crippen LogP contribution in [0.5, 0.6) is 5.75 Å². The van der Waals surface area contributed by atoms with Crippen LogP contribution in [-0.4, -0.2) is 28.2 Å². The van der Waals surface area contributed by atoms with Crippen molar-refractivity contribution >= 4 is 5.97 Å². The highest BCUT2D eigenvalue weighted by Gasteiger charge is 2.09. The number of aliphatic carboxylic acids is 1. The molecule has 0 bridgehead atoms. The lowest BCUT2D eigenvalue weighted by molar-refractivity contribution is -0.136. The Morgan fingerprint density at radius 2 is 2.00 bits per heavy atom. The van der Waals surface area contributed by atoms with Crippen molar-refractivity contribution in [3.8, 4) is 17.0 Å². The van der Waals surface area contributed by atoms with Gasteiger partial charge in [-0.15, -0.1) is 0 Å². The average Bonchev–Trinajstić information content (AvgIpc) is 2.37. The highest BCUT2D eigenvalue weighted by molar-refractivity contribution is 5.69. The van der Waals surface area contributed by atoms with E-state index in [0.29, 0.717) is 5.82 Å². The summed E-state index contributed by atoms with van der Waals surface area (Å²) in [5.41, 5.74) is 3.39. The highest BCUT2D eigenvalue weighted by Crippen LogP contribution is 2.25. The molecule has 0 fully saturated rings. The number of ether oxygens (including phenoxy) is 1. The number of aromatic nitrogens is 2. The van der Waals surface area contributed by atoms with Crippen molar-refractivity contribution in [3.63, 3.8) is 0 Å². The molecule has 1 aromatic heterocycles. The maximum absolute atomic E-state index is 10.8. The number of aryl methyl sites for hydroxylation is 2. The fraction of sp³-hybridized carbons (Fsp3) is 0.267. The third kappa shape index (κ3) is 3.12. The van der Waals surface area contributed by atoms with Crippen LogP contribution in [0.2, 0.25) is 0 Å². The third-order valence-electron chi connectivity index (χ3n) is 2.90. The molecule has 1 N–H and O–H groups in total. The van der Waals surface area contributed by atoms with E-state index in [1.165, 1.54) is 0 Å². The zero-order valence-corrected chi connectivity index (χ0v) is 11.7. The predicted molar refractivity (Wildman–Crippen MR) is 74.8 cm³/mol. The van der Waals surface area contributed by atoms with Gasteiger partial charge in [0.05, 0.1) is 12.8 Å². The van der Waals surface area contributed by atoms with Gasteiger partial charge in [-0.05, 0) is 43.7 Å². The van der Waals surface area contributed by atoms with E-state index in [1.54, 1.807) is 7.11 Å². The van der Waals surface area contributed by atoms with E-state index < -0.39 is 5.97 Å². The number of rotatable bonds is 4. The van der Waals surface area contributed by atoms with E-state index in [2.05, 4.69) is 9.97 Å². The van der Waals surface area contributed by atoms with Gasteiger partial charge in [-0.2, -0.15) is 0 Å². The van der Waals surface area contributed by atoms with Crippen LogP contribution >= 0.6 is 0 Å². The number of carboxylic acid groups (broad SMARTS) is 1. The lowest BCUT2D eigenvalue weighted by atomic mass is 10.1. The van der Waals surface area contributed by atoms with E-state index >= 15 is 0 Å². The Bertz CT molecular complexity index is 654. The molecule has 104 valence electrons. The van der Waals surface area contributed by atoms with Gasteiger partial charge in [-0.3, -0.25) is 4.79 Å². The van der Waals surface area contributed by atoms with E-state index in [9.17, 15) is 4.79 Å². The van der Waals surface area contributed by atoms with Gasteiger partial charge in [0.1, 0.15) is 18.0 Å². The largest absolute Gasteiger partial charge is 0.496 e. The summed E-state index contributed by atoms with van der Waals surface area (Å²) in [5.74, 6) is 0.193. The summed E-state index contributed by atoms with van der Waals surface area (Å²) in [7, 11) is 1.63. The second-order valence-corrected chi connectivity index (χ2v) is 4.57. The summed E-state index contributed by atoms with van der Waals surface area (Å²) in [4.78, 5) is 19.2. The first-order valence-corrected chi connectivity index (χ1v) is 6.21. The smallest absolute Gasteiger partial charge is 0.311 e. The molecule has 2 aromatic rings. The Kier molecular flexibility index (Phi) is 3.98. The lowest BCUT2D eigenvalue weighted by Crippen LogP contribution is -2.06. The van der Waals surface area contributed by atoms with Gasteiger partial charge in [0, 0.05) is 11.3 Å². The van der Waals surface area contributed by atoms with Crippen molar-refractivity contribution in [2.75, 3.05) is 7.11 Å². The van der Waals surface area contributed by atoms with Crippen LogP contribution in [0.15, 0.2) is 24.3 Å². The standard InChI is InChI=1S/C15H16N2O3/c1-9-6-11(4-5-13(9)20-3)12-7-10(2)16-14(17-12)8-15(18)19/h4-7H,8H2,1-3H3,(H,18,19). The van der Waals surface area contributed by atoms with Crippen LogP contribution in [0.1, 0.15) is 17.1 Å². The molecule has 20 heavy (non-hydrogen) atoms. The molecule has 5 heteroatoms. The van der Waals surface area contributed by atoms with Crippen molar-refractivity contribution in [1.82, 2.24) is 9.97 Å². The summed E-state index contributed by atoms with van der Waals surface area (Å²) in [6.45, 7) is 3.78. The van der Waals surface area contributed by atoms with Gasteiger partial charge in [-0.25, -0.2) is 9.97 Å². The first-order chi connectivity index (χ1) is 9.49. The summed E-state index contributed by atoms with van der Waals surface area (Å²) >= 11 is 0. The summed E-state index contributed by atoms with van der Waals surface area (Å²) in [6.07, 6.45) is -0.177. The predicted octanol–water partition coefficient (Wildman–Crippen LogP) is 2.40. The quantitative estimate of drug-likeness (QED) is 0.925. The van der Waals surface area contributed by atoms with Crippen LogP contribution in [0.4, 0.5) is 0 Å². The molecule has 1 heterocycles. The Balaban J connectivity index is 2.44. The second-order valence-electron chi connectivity index (χ2n) is 4.57. The molecular formula is C15H16N2O3. The number of methoxy groups -OCH3 is 1. The summed E-state index contributed by atoms with van der Waals surface area (Å²) < 4.78 is 5.23. The highest BCUT2D eigenvalue weighted by atomic mass is 16.5.